The van der Waals surface area contributed by atoms with Crippen LogP contribution in [-0.4, -0.2) is 16.0 Å². The van der Waals surface area contributed by atoms with Crippen LogP contribution in [0, 0.1) is 5.92 Å². The first-order valence-corrected chi connectivity index (χ1v) is 7.10. The van der Waals surface area contributed by atoms with Crippen LogP contribution in [0.5, 0.6) is 0 Å². The molecule has 0 amide bonds. The highest BCUT2D eigenvalue weighted by molar-refractivity contribution is 5.35. The van der Waals surface area contributed by atoms with Crippen LogP contribution in [0.4, 0.5) is 5.82 Å². The van der Waals surface area contributed by atoms with Crippen molar-refractivity contribution in [2.45, 2.75) is 57.4 Å². The SMILES string of the molecule is CC1CCCCC1Nc1cc(=O)[nH]c(C2CC2)n1. The summed E-state index contributed by atoms with van der Waals surface area (Å²) in [5.74, 6) is 2.79. The van der Waals surface area contributed by atoms with Crippen molar-refractivity contribution in [3.63, 3.8) is 0 Å². The average Bonchev–Trinajstić information content (AvgIpc) is 3.15. The molecule has 2 aliphatic carbocycles. The van der Waals surface area contributed by atoms with Crippen molar-refractivity contribution in [3.05, 3.63) is 22.2 Å². The van der Waals surface area contributed by atoms with Gasteiger partial charge in [-0.2, -0.15) is 0 Å². The predicted octanol–water partition coefficient (Wildman–Crippen LogP) is 2.64. The largest absolute Gasteiger partial charge is 0.367 e. The van der Waals surface area contributed by atoms with Crippen molar-refractivity contribution < 1.29 is 0 Å². The van der Waals surface area contributed by atoms with Gasteiger partial charge in [-0.15, -0.1) is 0 Å². The molecule has 0 aliphatic heterocycles. The summed E-state index contributed by atoms with van der Waals surface area (Å²) in [7, 11) is 0. The van der Waals surface area contributed by atoms with Gasteiger partial charge in [-0.3, -0.25) is 4.79 Å². The molecule has 98 valence electrons. The van der Waals surface area contributed by atoms with Crippen molar-refractivity contribution in [2.75, 3.05) is 5.32 Å². The molecule has 0 saturated heterocycles. The molecule has 2 aliphatic rings. The first kappa shape index (κ1) is 11.8. The number of aromatic nitrogens is 2. The maximum Gasteiger partial charge on any atom is 0.252 e. The first-order valence-electron chi connectivity index (χ1n) is 7.10. The van der Waals surface area contributed by atoms with Gasteiger partial charge in [0, 0.05) is 18.0 Å². The van der Waals surface area contributed by atoms with Gasteiger partial charge in [-0.05, 0) is 31.6 Å². The fourth-order valence-electron chi connectivity index (χ4n) is 2.82. The van der Waals surface area contributed by atoms with Crippen LogP contribution in [0.3, 0.4) is 0 Å². The number of H-pyrrole nitrogens is 1. The molecule has 1 aromatic rings. The van der Waals surface area contributed by atoms with E-state index in [2.05, 4.69) is 22.2 Å². The molecule has 18 heavy (non-hydrogen) atoms. The van der Waals surface area contributed by atoms with E-state index in [0.29, 0.717) is 17.9 Å². The lowest BCUT2D eigenvalue weighted by Gasteiger charge is -2.29. The molecule has 2 fully saturated rings. The molecule has 2 atom stereocenters. The maximum atomic E-state index is 11.6. The van der Waals surface area contributed by atoms with Gasteiger partial charge in [0.2, 0.25) is 0 Å². The number of anilines is 1. The molecule has 0 aromatic carbocycles. The van der Waals surface area contributed by atoms with Crippen LogP contribution in [0.2, 0.25) is 0 Å². The molecule has 0 bridgehead atoms. The van der Waals surface area contributed by atoms with Crippen LogP contribution >= 0.6 is 0 Å². The molecule has 3 rings (SSSR count). The van der Waals surface area contributed by atoms with Crippen molar-refractivity contribution >= 4 is 5.82 Å². The molecular formula is C14H21N3O. The summed E-state index contributed by atoms with van der Waals surface area (Å²) in [6.07, 6.45) is 7.39. The van der Waals surface area contributed by atoms with Crippen molar-refractivity contribution in [1.29, 1.82) is 0 Å². The fourth-order valence-corrected chi connectivity index (χ4v) is 2.82. The number of rotatable bonds is 3. The molecule has 1 heterocycles. The topological polar surface area (TPSA) is 57.8 Å². The minimum atomic E-state index is -0.0298. The zero-order valence-corrected chi connectivity index (χ0v) is 10.9. The van der Waals surface area contributed by atoms with Gasteiger partial charge >= 0.3 is 0 Å². The second-order valence-corrected chi connectivity index (χ2v) is 5.80. The Hall–Kier alpha value is -1.32. The number of nitrogens with zero attached hydrogens (tertiary/aromatic N) is 1. The Morgan fingerprint density at radius 3 is 2.78 bits per heavy atom. The van der Waals surface area contributed by atoms with Gasteiger partial charge in [0.05, 0.1) is 0 Å². The van der Waals surface area contributed by atoms with Crippen molar-refractivity contribution in [1.82, 2.24) is 9.97 Å². The van der Waals surface area contributed by atoms with Crippen molar-refractivity contribution in [3.8, 4) is 0 Å². The van der Waals surface area contributed by atoms with E-state index in [-0.39, 0.29) is 5.56 Å². The molecule has 1 aromatic heterocycles. The summed E-state index contributed by atoms with van der Waals surface area (Å²) >= 11 is 0. The van der Waals surface area contributed by atoms with E-state index in [4.69, 9.17) is 0 Å². The number of hydrogen-bond acceptors (Lipinski definition) is 3. The molecule has 2 N–H and O–H groups in total. The monoisotopic (exact) mass is 247 g/mol. The lowest BCUT2D eigenvalue weighted by atomic mass is 9.86. The van der Waals surface area contributed by atoms with E-state index < -0.39 is 0 Å². The zero-order valence-electron chi connectivity index (χ0n) is 10.9. The number of hydrogen-bond donors (Lipinski definition) is 2. The normalized spacial score (nSPS) is 28.1. The quantitative estimate of drug-likeness (QED) is 0.863. The van der Waals surface area contributed by atoms with Gasteiger partial charge in [0.15, 0.2) is 0 Å². The highest BCUT2D eigenvalue weighted by Crippen LogP contribution is 2.37. The first-order chi connectivity index (χ1) is 8.72. The van der Waals surface area contributed by atoms with E-state index >= 15 is 0 Å². The summed E-state index contributed by atoms with van der Waals surface area (Å²) < 4.78 is 0. The average molecular weight is 247 g/mol. The molecule has 0 radical (unpaired) electrons. The van der Waals surface area contributed by atoms with Crippen LogP contribution in [-0.2, 0) is 0 Å². The van der Waals surface area contributed by atoms with Crippen LogP contribution in [0.15, 0.2) is 10.9 Å². The molecule has 2 saturated carbocycles. The van der Waals surface area contributed by atoms with Crippen LogP contribution < -0.4 is 10.9 Å². The van der Waals surface area contributed by atoms with Gasteiger partial charge in [-0.1, -0.05) is 19.8 Å². The Labute approximate surface area is 107 Å². The molecule has 2 unspecified atom stereocenters. The summed E-state index contributed by atoms with van der Waals surface area (Å²) in [5, 5.41) is 3.46. The summed E-state index contributed by atoms with van der Waals surface area (Å²) in [5.41, 5.74) is -0.0298. The van der Waals surface area contributed by atoms with E-state index in [1.807, 2.05) is 0 Å². The third-order valence-electron chi connectivity index (χ3n) is 4.17. The molecule has 4 heteroatoms. The third-order valence-corrected chi connectivity index (χ3v) is 4.17. The Kier molecular flexibility index (Phi) is 3.10. The molecule has 4 nitrogen and oxygen atoms in total. The summed E-state index contributed by atoms with van der Waals surface area (Å²) in [6, 6.07) is 2.06. The summed E-state index contributed by atoms with van der Waals surface area (Å²) in [6.45, 7) is 2.28. The molecular weight excluding hydrogens is 226 g/mol. The zero-order chi connectivity index (χ0) is 12.5. The smallest absolute Gasteiger partial charge is 0.252 e. The number of nitrogens with one attached hydrogen (secondary N) is 2. The minimum Gasteiger partial charge on any atom is -0.367 e. The minimum absolute atomic E-state index is 0.0298. The highest BCUT2D eigenvalue weighted by Gasteiger charge is 2.27. The van der Waals surface area contributed by atoms with Gasteiger partial charge in [-0.25, -0.2) is 4.98 Å². The van der Waals surface area contributed by atoms with E-state index in [0.717, 1.165) is 24.5 Å². The Bertz CT molecular complexity index is 478. The summed E-state index contributed by atoms with van der Waals surface area (Å²) in [4.78, 5) is 19.0. The second-order valence-electron chi connectivity index (χ2n) is 5.80. The molecule has 0 spiro atoms. The Balaban J connectivity index is 1.76. The maximum absolute atomic E-state index is 11.6. The highest BCUT2D eigenvalue weighted by atomic mass is 16.1. The van der Waals surface area contributed by atoms with Crippen molar-refractivity contribution in [2.24, 2.45) is 5.92 Å². The lowest BCUT2D eigenvalue weighted by molar-refractivity contribution is 0.349. The van der Waals surface area contributed by atoms with E-state index in [1.54, 1.807) is 6.07 Å². The Morgan fingerprint density at radius 2 is 2.06 bits per heavy atom. The lowest BCUT2D eigenvalue weighted by Crippen LogP contribution is -2.31. The van der Waals surface area contributed by atoms with Gasteiger partial charge in [0.1, 0.15) is 11.6 Å². The predicted molar refractivity (Wildman–Crippen MR) is 71.9 cm³/mol. The van der Waals surface area contributed by atoms with E-state index in [1.165, 1.54) is 25.7 Å². The second kappa shape index (κ2) is 4.75. The van der Waals surface area contributed by atoms with Crippen LogP contribution in [0.25, 0.3) is 0 Å². The fraction of sp³-hybridized carbons (Fsp3) is 0.714. The van der Waals surface area contributed by atoms with Crippen LogP contribution in [0.1, 0.15) is 57.2 Å². The third kappa shape index (κ3) is 2.57. The Morgan fingerprint density at radius 1 is 1.28 bits per heavy atom. The number of aromatic amines is 1. The standard InChI is InChI=1S/C14H21N3O/c1-9-4-2-3-5-11(9)15-12-8-13(18)17-14(16-12)10-6-7-10/h8-11H,2-7H2,1H3,(H2,15,16,17,18). The van der Waals surface area contributed by atoms with Gasteiger partial charge < -0.3 is 10.3 Å². The van der Waals surface area contributed by atoms with E-state index in [9.17, 15) is 4.79 Å². The van der Waals surface area contributed by atoms with Gasteiger partial charge in [0.25, 0.3) is 5.56 Å².